The van der Waals surface area contributed by atoms with Gasteiger partial charge in [-0.2, -0.15) is 4.98 Å². The van der Waals surface area contributed by atoms with Crippen LogP contribution < -0.4 is 5.73 Å². The van der Waals surface area contributed by atoms with Gasteiger partial charge in [-0.05, 0) is 30.4 Å². The van der Waals surface area contributed by atoms with Crippen LogP contribution in [-0.4, -0.2) is 10.1 Å². The maximum Gasteiger partial charge on any atom is 0.234 e. The van der Waals surface area contributed by atoms with Crippen molar-refractivity contribution in [1.82, 2.24) is 10.1 Å². The molecule has 0 aliphatic heterocycles. The number of hydrogen-bond acceptors (Lipinski definition) is 4. The molecule has 1 aromatic carbocycles. The molecule has 4 rings (SSSR count). The van der Waals surface area contributed by atoms with Crippen LogP contribution in [0.25, 0.3) is 0 Å². The van der Waals surface area contributed by atoms with Gasteiger partial charge in [-0.25, -0.2) is 0 Å². The van der Waals surface area contributed by atoms with E-state index in [1.54, 1.807) is 0 Å². The van der Waals surface area contributed by atoms with Gasteiger partial charge in [0.25, 0.3) is 0 Å². The molecule has 2 aliphatic carbocycles. The fraction of sp³-hybridized carbons (Fsp3) is 0.500. The Labute approximate surface area is 118 Å². The molecular formula is C16H19N3O. The quantitative estimate of drug-likeness (QED) is 0.910. The van der Waals surface area contributed by atoms with E-state index in [0.29, 0.717) is 5.82 Å². The van der Waals surface area contributed by atoms with E-state index < -0.39 is 0 Å². The van der Waals surface area contributed by atoms with Crippen LogP contribution in [0.15, 0.2) is 28.8 Å². The Kier molecular flexibility index (Phi) is 2.67. The van der Waals surface area contributed by atoms with Crippen molar-refractivity contribution in [3.05, 3.63) is 47.1 Å². The van der Waals surface area contributed by atoms with Crippen LogP contribution >= 0.6 is 0 Å². The number of fused-ring (bicyclic) bond motifs is 1. The van der Waals surface area contributed by atoms with Gasteiger partial charge in [0, 0.05) is 0 Å². The second-order valence-corrected chi connectivity index (χ2v) is 6.13. The van der Waals surface area contributed by atoms with E-state index >= 15 is 0 Å². The molecule has 1 atom stereocenters. The third-order valence-electron chi connectivity index (χ3n) is 4.79. The summed E-state index contributed by atoms with van der Waals surface area (Å²) in [4.78, 5) is 4.62. The van der Waals surface area contributed by atoms with Crippen molar-refractivity contribution in [1.29, 1.82) is 0 Å². The molecule has 0 amide bonds. The predicted molar refractivity (Wildman–Crippen MR) is 75.2 cm³/mol. The molecule has 1 aromatic heterocycles. The summed E-state index contributed by atoms with van der Waals surface area (Å²) in [5.41, 5.74) is 8.79. The van der Waals surface area contributed by atoms with Gasteiger partial charge in [0.15, 0.2) is 5.82 Å². The number of nitrogens with two attached hydrogens (primary N) is 1. The van der Waals surface area contributed by atoms with Gasteiger partial charge < -0.3 is 10.3 Å². The average Bonchev–Trinajstić information content (AvgIpc) is 2.91. The Morgan fingerprint density at radius 2 is 1.95 bits per heavy atom. The normalized spacial score (nSPS) is 23.9. The zero-order valence-corrected chi connectivity index (χ0v) is 11.5. The SMILES string of the molecule is NC1(c2noc(C3Cc4ccccc43)n2)CCCCC1. The summed E-state index contributed by atoms with van der Waals surface area (Å²) in [7, 11) is 0. The number of benzene rings is 1. The molecule has 0 radical (unpaired) electrons. The number of hydrogen-bond donors (Lipinski definition) is 1. The van der Waals surface area contributed by atoms with Crippen molar-refractivity contribution >= 4 is 0 Å². The number of nitrogens with zero attached hydrogens (tertiary/aromatic N) is 2. The Morgan fingerprint density at radius 3 is 2.75 bits per heavy atom. The average molecular weight is 269 g/mol. The maximum absolute atomic E-state index is 6.46. The van der Waals surface area contributed by atoms with Gasteiger partial charge >= 0.3 is 0 Å². The Balaban J connectivity index is 1.61. The van der Waals surface area contributed by atoms with E-state index in [-0.39, 0.29) is 11.5 Å². The maximum atomic E-state index is 6.46. The van der Waals surface area contributed by atoms with Gasteiger partial charge in [0.1, 0.15) is 0 Å². The van der Waals surface area contributed by atoms with Crippen molar-refractivity contribution in [2.45, 2.75) is 50.0 Å². The molecule has 2 aromatic rings. The van der Waals surface area contributed by atoms with Gasteiger partial charge in [0.05, 0.1) is 11.5 Å². The lowest BCUT2D eigenvalue weighted by molar-refractivity contribution is 0.272. The topological polar surface area (TPSA) is 64.9 Å². The Morgan fingerprint density at radius 1 is 1.15 bits per heavy atom. The van der Waals surface area contributed by atoms with Crippen molar-refractivity contribution in [2.24, 2.45) is 5.73 Å². The lowest BCUT2D eigenvalue weighted by Crippen LogP contribution is -2.39. The number of aromatic nitrogens is 2. The highest BCUT2D eigenvalue weighted by Gasteiger charge is 2.37. The van der Waals surface area contributed by atoms with E-state index in [4.69, 9.17) is 10.3 Å². The molecule has 4 heteroatoms. The van der Waals surface area contributed by atoms with Gasteiger partial charge in [0.2, 0.25) is 5.89 Å². The molecule has 0 spiro atoms. The molecule has 4 nitrogen and oxygen atoms in total. The summed E-state index contributed by atoms with van der Waals surface area (Å²) in [6.07, 6.45) is 6.51. The molecule has 1 heterocycles. The smallest absolute Gasteiger partial charge is 0.234 e. The monoisotopic (exact) mass is 269 g/mol. The predicted octanol–water partition coefficient (Wildman–Crippen LogP) is 2.88. The largest absolute Gasteiger partial charge is 0.339 e. The molecule has 0 bridgehead atoms. The zero-order chi connectivity index (χ0) is 13.6. The van der Waals surface area contributed by atoms with Crippen molar-refractivity contribution in [3.63, 3.8) is 0 Å². The molecule has 1 saturated carbocycles. The first kappa shape index (κ1) is 12.1. The Bertz CT molecular complexity index is 628. The molecule has 2 aliphatic rings. The minimum absolute atomic E-state index is 0.264. The highest BCUT2D eigenvalue weighted by molar-refractivity contribution is 5.43. The van der Waals surface area contributed by atoms with Crippen LogP contribution in [0.1, 0.15) is 60.9 Å². The van der Waals surface area contributed by atoms with E-state index in [9.17, 15) is 0 Å². The van der Waals surface area contributed by atoms with Crippen LogP contribution in [0.5, 0.6) is 0 Å². The summed E-state index contributed by atoms with van der Waals surface area (Å²) in [6, 6.07) is 8.44. The van der Waals surface area contributed by atoms with Crippen molar-refractivity contribution in [3.8, 4) is 0 Å². The van der Waals surface area contributed by atoms with Crippen LogP contribution in [0.4, 0.5) is 0 Å². The summed E-state index contributed by atoms with van der Waals surface area (Å²) in [5, 5.41) is 4.18. The second-order valence-electron chi connectivity index (χ2n) is 6.13. The third-order valence-corrected chi connectivity index (χ3v) is 4.79. The van der Waals surface area contributed by atoms with Gasteiger partial charge in [-0.1, -0.05) is 48.7 Å². The summed E-state index contributed by atoms with van der Waals surface area (Å²) < 4.78 is 5.50. The van der Waals surface area contributed by atoms with Crippen LogP contribution in [0, 0.1) is 0 Å². The zero-order valence-electron chi connectivity index (χ0n) is 11.5. The van der Waals surface area contributed by atoms with E-state index in [2.05, 4.69) is 34.4 Å². The third kappa shape index (κ3) is 1.79. The van der Waals surface area contributed by atoms with Crippen LogP contribution in [0.3, 0.4) is 0 Å². The summed E-state index contributed by atoms with van der Waals surface area (Å²) >= 11 is 0. The summed E-state index contributed by atoms with van der Waals surface area (Å²) in [6.45, 7) is 0. The fourth-order valence-electron chi connectivity index (χ4n) is 3.46. The van der Waals surface area contributed by atoms with Crippen LogP contribution in [-0.2, 0) is 12.0 Å². The highest BCUT2D eigenvalue weighted by Crippen LogP contribution is 2.40. The first-order valence-electron chi connectivity index (χ1n) is 7.47. The summed E-state index contributed by atoms with van der Waals surface area (Å²) in [5.74, 6) is 1.70. The standard InChI is InChI=1S/C16H19N3O/c17-16(8-4-1-5-9-16)15-18-14(20-19-15)13-10-11-6-2-3-7-12(11)13/h2-3,6-7,13H,1,4-5,8-10,17H2. The van der Waals surface area contributed by atoms with E-state index in [0.717, 1.165) is 38.0 Å². The van der Waals surface area contributed by atoms with Crippen molar-refractivity contribution < 1.29 is 4.52 Å². The fourth-order valence-corrected chi connectivity index (χ4v) is 3.46. The number of rotatable bonds is 2. The lowest BCUT2D eigenvalue weighted by atomic mass is 9.77. The molecule has 20 heavy (non-hydrogen) atoms. The van der Waals surface area contributed by atoms with Crippen LogP contribution in [0.2, 0.25) is 0 Å². The first-order valence-corrected chi connectivity index (χ1v) is 7.47. The lowest BCUT2D eigenvalue weighted by Gasteiger charge is -2.30. The minimum atomic E-state index is -0.372. The second kappa shape index (κ2) is 4.42. The van der Waals surface area contributed by atoms with Gasteiger partial charge in [-0.3, -0.25) is 0 Å². The molecule has 2 N–H and O–H groups in total. The minimum Gasteiger partial charge on any atom is -0.339 e. The molecule has 1 fully saturated rings. The highest BCUT2D eigenvalue weighted by atomic mass is 16.5. The van der Waals surface area contributed by atoms with E-state index in [1.165, 1.54) is 17.5 Å². The molecule has 1 unspecified atom stereocenters. The molecular weight excluding hydrogens is 250 g/mol. The van der Waals surface area contributed by atoms with Gasteiger partial charge in [-0.15, -0.1) is 0 Å². The molecule has 0 saturated heterocycles. The first-order chi connectivity index (χ1) is 9.76. The Hall–Kier alpha value is -1.68. The van der Waals surface area contributed by atoms with E-state index in [1.807, 2.05) is 0 Å². The molecule has 104 valence electrons. The van der Waals surface area contributed by atoms with Crippen molar-refractivity contribution in [2.75, 3.05) is 0 Å².